The predicted molar refractivity (Wildman–Crippen MR) is 64.2 cm³/mol. The Labute approximate surface area is 100 Å². The molecule has 0 heterocycles. The van der Waals surface area contributed by atoms with Gasteiger partial charge in [-0.15, -0.1) is 0 Å². The lowest BCUT2D eigenvalue weighted by Gasteiger charge is -2.40. The number of halogens is 1. The SMILES string of the molecule is COC1(CNC(=O)CCCCBr)CCC1. The maximum absolute atomic E-state index is 11.4. The van der Waals surface area contributed by atoms with Crippen LogP contribution in [0.25, 0.3) is 0 Å². The average molecular weight is 278 g/mol. The van der Waals surface area contributed by atoms with Crippen LogP contribution in [0.3, 0.4) is 0 Å². The molecule has 3 nitrogen and oxygen atoms in total. The summed E-state index contributed by atoms with van der Waals surface area (Å²) in [6, 6.07) is 0. The summed E-state index contributed by atoms with van der Waals surface area (Å²) < 4.78 is 5.43. The lowest BCUT2D eigenvalue weighted by molar-refractivity contribution is -0.125. The molecule has 0 atom stereocenters. The van der Waals surface area contributed by atoms with Crippen LogP contribution in [0.5, 0.6) is 0 Å². The minimum absolute atomic E-state index is 0.0505. The average Bonchev–Trinajstić information content (AvgIpc) is 2.17. The number of carbonyl (C=O) groups excluding carboxylic acids is 1. The molecule has 1 amide bonds. The summed E-state index contributed by atoms with van der Waals surface area (Å²) >= 11 is 3.35. The van der Waals surface area contributed by atoms with Gasteiger partial charge >= 0.3 is 0 Å². The topological polar surface area (TPSA) is 38.3 Å². The molecule has 0 bridgehead atoms. The number of hydrogen-bond donors (Lipinski definition) is 1. The molecule has 1 aliphatic carbocycles. The van der Waals surface area contributed by atoms with Gasteiger partial charge in [0, 0.05) is 25.4 Å². The predicted octanol–water partition coefficient (Wildman–Crippen LogP) is 2.24. The highest BCUT2D eigenvalue weighted by Crippen LogP contribution is 2.34. The van der Waals surface area contributed by atoms with Gasteiger partial charge in [0.1, 0.15) is 0 Å². The first-order valence-corrected chi connectivity index (χ1v) is 6.72. The zero-order chi connectivity index (χ0) is 11.1. The van der Waals surface area contributed by atoms with Gasteiger partial charge in [-0.2, -0.15) is 0 Å². The Bertz CT molecular complexity index is 199. The molecule has 0 aliphatic heterocycles. The zero-order valence-corrected chi connectivity index (χ0v) is 10.9. The number of nitrogens with one attached hydrogen (secondary N) is 1. The zero-order valence-electron chi connectivity index (χ0n) is 9.35. The van der Waals surface area contributed by atoms with Crippen molar-refractivity contribution in [2.24, 2.45) is 0 Å². The quantitative estimate of drug-likeness (QED) is 0.573. The molecule has 0 saturated heterocycles. The van der Waals surface area contributed by atoms with E-state index in [0.29, 0.717) is 13.0 Å². The van der Waals surface area contributed by atoms with E-state index in [1.165, 1.54) is 6.42 Å². The highest BCUT2D eigenvalue weighted by molar-refractivity contribution is 9.09. The molecule has 1 rings (SSSR count). The highest BCUT2D eigenvalue weighted by atomic mass is 79.9. The van der Waals surface area contributed by atoms with E-state index in [1.807, 2.05) is 0 Å². The molecule has 1 N–H and O–H groups in total. The monoisotopic (exact) mass is 277 g/mol. The summed E-state index contributed by atoms with van der Waals surface area (Å²) in [4.78, 5) is 11.4. The normalized spacial score (nSPS) is 18.3. The van der Waals surface area contributed by atoms with Crippen LogP contribution in [0.4, 0.5) is 0 Å². The van der Waals surface area contributed by atoms with Gasteiger partial charge in [-0.25, -0.2) is 0 Å². The van der Waals surface area contributed by atoms with Crippen LogP contribution < -0.4 is 5.32 Å². The minimum Gasteiger partial charge on any atom is -0.376 e. The number of hydrogen-bond acceptors (Lipinski definition) is 2. The van der Waals surface area contributed by atoms with Gasteiger partial charge in [0.2, 0.25) is 5.91 Å². The van der Waals surface area contributed by atoms with Crippen molar-refractivity contribution in [1.82, 2.24) is 5.32 Å². The van der Waals surface area contributed by atoms with Crippen molar-refractivity contribution in [3.05, 3.63) is 0 Å². The van der Waals surface area contributed by atoms with Crippen LogP contribution in [-0.2, 0) is 9.53 Å². The van der Waals surface area contributed by atoms with Crippen LogP contribution in [0.1, 0.15) is 38.5 Å². The van der Waals surface area contributed by atoms with Crippen LogP contribution in [0.15, 0.2) is 0 Å². The molecule has 0 aromatic rings. The summed E-state index contributed by atoms with van der Waals surface area (Å²) in [5.41, 5.74) is -0.0505. The Hall–Kier alpha value is -0.0900. The number of rotatable bonds is 7. The first kappa shape index (κ1) is 13.0. The van der Waals surface area contributed by atoms with Gasteiger partial charge in [0.25, 0.3) is 0 Å². The molecule has 0 radical (unpaired) electrons. The molecule has 1 aliphatic rings. The molecule has 0 aromatic heterocycles. The van der Waals surface area contributed by atoms with E-state index in [9.17, 15) is 4.79 Å². The summed E-state index contributed by atoms with van der Waals surface area (Å²) in [5, 5.41) is 3.93. The fourth-order valence-corrected chi connectivity index (χ4v) is 2.15. The molecule has 88 valence electrons. The second-order valence-electron chi connectivity index (χ2n) is 4.16. The van der Waals surface area contributed by atoms with Gasteiger partial charge in [0.15, 0.2) is 0 Å². The summed E-state index contributed by atoms with van der Waals surface area (Å²) in [6.45, 7) is 0.677. The van der Waals surface area contributed by atoms with E-state index in [4.69, 9.17) is 4.74 Å². The molecule has 15 heavy (non-hydrogen) atoms. The van der Waals surface area contributed by atoms with Crippen LogP contribution in [0, 0.1) is 0 Å². The molecule has 1 fully saturated rings. The first-order valence-electron chi connectivity index (χ1n) is 5.60. The van der Waals surface area contributed by atoms with Crippen molar-refractivity contribution in [1.29, 1.82) is 0 Å². The van der Waals surface area contributed by atoms with Crippen LogP contribution in [-0.4, -0.2) is 30.5 Å². The first-order chi connectivity index (χ1) is 7.22. The largest absolute Gasteiger partial charge is 0.376 e. The number of methoxy groups -OCH3 is 1. The summed E-state index contributed by atoms with van der Waals surface area (Å²) in [5.74, 6) is 0.152. The van der Waals surface area contributed by atoms with Gasteiger partial charge in [-0.05, 0) is 32.1 Å². The number of unbranched alkanes of at least 4 members (excludes halogenated alkanes) is 1. The summed E-state index contributed by atoms with van der Waals surface area (Å²) in [6.07, 6.45) is 6.01. The molecule has 1 saturated carbocycles. The summed E-state index contributed by atoms with van der Waals surface area (Å²) in [7, 11) is 1.73. The van der Waals surface area contributed by atoms with Crippen molar-refractivity contribution >= 4 is 21.8 Å². The molecule has 0 unspecified atom stereocenters. The third kappa shape index (κ3) is 4.11. The van der Waals surface area contributed by atoms with E-state index in [-0.39, 0.29) is 11.5 Å². The van der Waals surface area contributed by atoms with E-state index in [2.05, 4.69) is 21.2 Å². The van der Waals surface area contributed by atoms with Crippen LogP contribution in [0.2, 0.25) is 0 Å². The fourth-order valence-electron chi connectivity index (χ4n) is 1.75. The number of amides is 1. The van der Waals surface area contributed by atoms with Crippen molar-refractivity contribution in [3.63, 3.8) is 0 Å². The van der Waals surface area contributed by atoms with Crippen molar-refractivity contribution < 1.29 is 9.53 Å². The third-order valence-electron chi connectivity index (χ3n) is 3.09. The van der Waals surface area contributed by atoms with E-state index < -0.39 is 0 Å². The Morgan fingerprint density at radius 1 is 1.47 bits per heavy atom. The number of ether oxygens (including phenoxy) is 1. The van der Waals surface area contributed by atoms with E-state index >= 15 is 0 Å². The van der Waals surface area contributed by atoms with Crippen LogP contribution >= 0.6 is 15.9 Å². The Balaban J connectivity index is 2.10. The lowest BCUT2D eigenvalue weighted by atomic mass is 9.80. The fraction of sp³-hybridized carbons (Fsp3) is 0.909. The second-order valence-corrected chi connectivity index (χ2v) is 4.96. The van der Waals surface area contributed by atoms with Gasteiger partial charge < -0.3 is 10.1 Å². The van der Waals surface area contributed by atoms with E-state index in [1.54, 1.807) is 7.11 Å². The standard InChI is InChI=1S/C11H20BrNO2/c1-15-11(6-4-7-11)9-13-10(14)5-2-3-8-12/h2-9H2,1H3,(H,13,14). The Morgan fingerprint density at radius 2 is 2.20 bits per heavy atom. The number of carbonyl (C=O) groups is 1. The molecule has 0 spiro atoms. The van der Waals surface area contributed by atoms with Gasteiger partial charge in [0.05, 0.1) is 5.60 Å². The molecule has 0 aromatic carbocycles. The number of alkyl halides is 1. The maximum Gasteiger partial charge on any atom is 0.220 e. The molecule has 4 heteroatoms. The highest BCUT2D eigenvalue weighted by Gasteiger charge is 2.36. The van der Waals surface area contributed by atoms with Gasteiger partial charge in [-0.1, -0.05) is 15.9 Å². The molecular formula is C11H20BrNO2. The van der Waals surface area contributed by atoms with E-state index in [0.717, 1.165) is 31.0 Å². The second kappa shape index (κ2) is 6.48. The van der Waals surface area contributed by atoms with Crippen molar-refractivity contribution in [3.8, 4) is 0 Å². The maximum atomic E-state index is 11.4. The molecular weight excluding hydrogens is 258 g/mol. The van der Waals surface area contributed by atoms with Gasteiger partial charge in [-0.3, -0.25) is 4.79 Å². The lowest BCUT2D eigenvalue weighted by Crippen LogP contribution is -2.49. The third-order valence-corrected chi connectivity index (χ3v) is 3.65. The Kier molecular flexibility index (Phi) is 5.61. The minimum atomic E-state index is -0.0505. The Morgan fingerprint density at radius 3 is 2.67 bits per heavy atom. The van der Waals surface area contributed by atoms with Crippen molar-refractivity contribution in [2.75, 3.05) is 19.0 Å². The smallest absolute Gasteiger partial charge is 0.220 e. The van der Waals surface area contributed by atoms with Crippen molar-refractivity contribution in [2.45, 2.75) is 44.1 Å².